The summed E-state index contributed by atoms with van der Waals surface area (Å²) in [5, 5.41) is 14.0. The summed E-state index contributed by atoms with van der Waals surface area (Å²) < 4.78 is 5.75. The molecule has 0 spiro atoms. The lowest BCUT2D eigenvalue weighted by atomic mass is 9.95. The number of rotatable bonds is 3. The van der Waals surface area contributed by atoms with Crippen molar-refractivity contribution in [1.29, 1.82) is 0 Å². The standard InChI is InChI=1S/C12H15N3O3/c1-7-10(15(16)17)3-5-12(13-7)14-9-6-8-2-4-11(9)18-8/h3,5,8-9,11H,2,4,6H2,1H3,(H,13,14). The third kappa shape index (κ3) is 1.92. The fourth-order valence-electron chi connectivity index (χ4n) is 2.81. The third-order valence-corrected chi connectivity index (χ3v) is 3.69. The Hall–Kier alpha value is -1.69. The Morgan fingerprint density at radius 2 is 2.33 bits per heavy atom. The van der Waals surface area contributed by atoms with E-state index in [0.29, 0.717) is 17.6 Å². The van der Waals surface area contributed by atoms with Crippen LogP contribution >= 0.6 is 0 Å². The van der Waals surface area contributed by atoms with Crippen molar-refractivity contribution in [3.8, 4) is 0 Å². The Labute approximate surface area is 105 Å². The van der Waals surface area contributed by atoms with Gasteiger partial charge in [0.25, 0.3) is 5.69 Å². The topological polar surface area (TPSA) is 77.3 Å². The molecular weight excluding hydrogens is 234 g/mol. The number of hydrogen-bond acceptors (Lipinski definition) is 5. The Morgan fingerprint density at radius 1 is 1.50 bits per heavy atom. The van der Waals surface area contributed by atoms with Gasteiger partial charge in [-0.05, 0) is 32.3 Å². The number of aromatic nitrogens is 1. The van der Waals surface area contributed by atoms with Crippen molar-refractivity contribution in [3.63, 3.8) is 0 Å². The number of nitro groups is 1. The van der Waals surface area contributed by atoms with Crippen molar-refractivity contribution in [2.24, 2.45) is 0 Å². The van der Waals surface area contributed by atoms with E-state index >= 15 is 0 Å². The predicted molar refractivity (Wildman–Crippen MR) is 65.6 cm³/mol. The molecule has 1 aromatic rings. The lowest BCUT2D eigenvalue weighted by Gasteiger charge is -2.20. The van der Waals surface area contributed by atoms with Gasteiger partial charge in [-0.3, -0.25) is 10.1 Å². The summed E-state index contributed by atoms with van der Waals surface area (Å²) in [5.41, 5.74) is 0.499. The zero-order valence-corrected chi connectivity index (χ0v) is 10.1. The lowest BCUT2D eigenvalue weighted by Crippen LogP contribution is -2.30. The van der Waals surface area contributed by atoms with Gasteiger partial charge in [-0.15, -0.1) is 0 Å². The minimum atomic E-state index is -0.410. The van der Waals surface area contributed by atoms with E-state index in [2.05, 4.69) is 10.3 Å². The average Bonchev–Trinajstić information content (AvgIpc) is 2.90. The highest BCUT2D eigenvalue weighted by Crippen LogP contribution is 2.35. The molecule has 2 saturated heterocycles. The molecule has 2 fully saturated rings. The van der Waals surface area contributed by atoms with Gasteiger partial charge in [0.05, 0.1) is 23.2 Å². The summed E-state index contributed by atoms with van der Waals surface area (Å²) in [6, 6.07) is 3.45. The molecule has 3 atom stereocenters. The van der Waals surface area contributed by atoms with E-state index in [1.165, 1.54) is 6.07 Å². The van der Waals surface area contributed by atoms with Gasteiger partial charge in [0, 0.05) is 6.07 Å². The van der Waals surface area contributed by atoms with E-state index in [9.17, 15) is 10.1 Å². The maximum absolute atomic E-state index is 10.7. The average molecular weight is 249 g/mol. The second kappa shape index (κ2) is 4.20. The normalized spacial score (nSPS) is 29.5. The van der Waals surface area contributed by atoms with Gasteiger partial charge < -0.3 is 10.1 Å². The number of nitrogens with one attached hydrogen (secondary N) is 1. The second-order valence-corrected chi connectivity index (χ2v) is 4.92. The summed E-state index contributed by atoms with van der Waals surface area (Å²) in [7, 11) is 0. The first-order valence-corrected chi connectivity index (χ1v) is 6.17. The van der Waals surface area contributed by atoms with Crippen LogP contribution in [-0.4, -0.2) is 28.2 Å². The molecule has 3 rings (SSSR count). The minimum absolute atomic E-state index is 0.0599. The van der Waals surface area contributed by atoms with E-state index in [1.807, 2.05) is 0 Å². The fraction of sp³-hybridized carbons (Fsp3) is 0.583. The van der Waals surface area contributed by atoms with Crippen LogP contribution in [0.4, 0.5) is 11.5 Å². The van der Waals surface area contributed by atoms with Gasteiger partial charge >= 0.3 is 0 Å². The largest absolute Gasteiger partial charge is 0.373 e. The van der Waals surface area contributed by atoms with Crippen molar-refractivity contribution in [2.75, 3.05) is 5.32 Å². The highest BCUT2D eigenvalue weighted by Gasteiger charge is 2.40. The Kier molecular flexibility index (Phi) is 2.66. The molecule has 2 aliphatic heterocycles. The summed E-state index contributed by atoms with van der Waals surface area (Å²) in [6.45, 7) is 1.65. The maximum Gasteiger partial charge on any atom is 0.290 e. The Balaban J connectivity index is 1.74. The van der Waals surface area contributed by atoms with Gasteiger partial charge in [-0.25, -0.2) is 4.98 Å². The molecule has 3 heterocycles. The van der Waals surface area contributed by atoms with Crippen LogP contribution in [0.1, 0.15) is 25.0 Å². The van der Waals surface area contributed by atoms with Crippen LogP contribution in [-0.2, 0) is 4.74 Å². The smallest absolute Gasteiger partial charge is 0.290 e. The van der Waals surface area contributed by atoms with Crippen molar-refractivity contribution in [2.45, 2.75) is 44.4 Å². The van der Waals surface area contributed by atoms with E-state index in [0.717, 1.165) is 19.3 Å². The van der Waals surface area contributed by atoms with E-state index < -0.39 is 4.92 Å². The maximum atomic E-state index is 10.7. The lowest BCUT2D eigenvalue weighted by molar-refractivity contribution is -0.385. The number of pyridine rings is 1. The quantitative estimate of drug-likeness (QED) is 0.655. The number of hydrogen-bond donors (Lipinski definition) is 1. The van der Waals surface area contributed by atoms with Crippen molar-refractivity contribution in [3.05, 3.63) is 27.9 Å². The molecule has 2 aliphatic rings. The van der Waals surface area contributed by atoms with Crippen LogP contribution in [0.3, 0.4) is 0 Å². The van der Waals surface area contributed by atoms with Gasteiger partial charge in [0.2, 0.25) is 0 Å². The number of fused-ring (bicyclic) bond motifs is 2. The zero-order valence-electron chi connectivity index (χ0n) is 10.1. The number of anilines is 1. The van der Waals surface area contributed by atoms with Crippen LogP contribution < -0.4 is 5.32 Å². The molecule has 0 aliphatic carbocycles. The number of nitrogens with zero attached hydrogens (tertiary/aromatic N) is 2. The van der Waals surface area contributed by atoms with E-state index in [4.69, 9.17) is 4.74 Å². The first kappa shape index (κ1) is 11.4. The number of ether oxygens (including phenoxy) is 1. The zero-order chi connectivity index (χ0) is 12.7. The summed E-state index contributed by atoms with van der Waals surface area (Å²) in [5.74, 6) is 0.694. The Morgan fingerprint density at radius 3 is 2.89 bits per heavy atom. The van der Waals surface area contributed by atoms with Gasteiger partial charge in [0.1, 0.15) is 11.5 Å². The molecule has 18 heavy (non-hydrogen) atoms. The van der Waals surface area contributed by atoms with Crippen molar-refractivity contribution in [1.82, 2.24) is 4.98 Å². The Bertz CT molecular complexity index is 491. The molecule has 0 amide bonds. The van der Waals surface area contributed by atoms with Gasteiger partial charge in [-0.1, -0.05) is 0 Å². The molecule has 3 unspecified atom stereocenters. The highest BCUT2D eigenvalue weighted by molar-refractivity contribution is 5.45. The fourth-order valence-corrected chi connectivity index (χ4v) is 2.81. The molecule has 0 saturated carbocycles. The van der Waals surface area contributed by atoms with E-state index in [-0.39, 0.29) is 17.8 Å². The summed E-state index contributed by atoms with van der Waals surface area (Å²) in [6.07, 6.45) is 3.89. The molecule has 1 aromatic heterocycles. The highest BCUT2D eigenvalue weighted by atomic mass is 16.6. The molecule has 6 heteroatoms. The first-order valence-electron chi connectivity index (χ1n) is 6.17. The molecule has 0 aromatic carbocycles. The number of aryl methyl sites for hydroxylation is 1. The van der Waals surface area contributed by atoms with Crippen molar-refractivity contribution >= 4 is 11.5 Å². The van der Waals surface area contributed by atoms with E-state index in [1.54, 1.807) is 13.0 Å². The van der Waals surface area contributed by atoms with Crippen LogP contribution in [0.2, 0.25) is 0 Å². The molecule has 2 bridgehead atoms. The van der Waals surface area contributed by atoms with Crippen LogP contribution in [0.5, 0.6) is 0 Å². The first-order chi connectivity index (χ1) is 8.63. The molecule has 96 valence electrons. The molecular formula is C12H15N3O3. The predicted octanol–water partition coefficient (Wildman–Crippen LogP) is 2.03. The molecule has 0 radical (unpaired) electrons. The van der Waals surface area contributed by atoms with Crippen LogP contribution in [0.15, 0.2) is 12.1 Å². The monoisotopic (exact) mass is 249 g/mol. The summed E-state index contributed by atoms with van der Waals surface area (Å²) >= 11 is 0. The second-order valence-electron chi connectivity index (χ2n) is 4.92. The third-order valence-electron chi connectivity index (χ3n) is 3.69. The van der Waals surface area contributed by atoms with Crippen LogP contribution in [0.25, 0.3) is 0 Å². The molecule has 1 N–H and O–H groups in total. The van der Waals surface area contributed by atoms with Crippen molar-refractivity contribution < 1.29 is 9.66 Å². The molecule has 6 nitrogen and oxygen atoms in total. The minimum Gasteiger partial charge on any atom is -0.373 e. The van der Waals surface area contributed by atoms with Crippen LogP contribution in [0, 0.1) is 17.0 Å². The van der Waals surface area contributed by atoms with Gasteiger partial charge in [-0.2, -0.15) is 0 Å². The van der Waals surface area contributed by atoms with Gasteiger partial charge in [0.15, 0.2) is 0 Å². The SMILES string of the molecule is Cc1nc(NC2CC3CCC2O3)ccc1[N+](=O)[O-]. The summed E-state index contributed by atoms with van der Waals surface area (Å²) in [4.78, 5) is 14.5.